The van der Waals surface area contributed by atoms with E-state index in [2.05, 4.69) is 5.32 Å². The lowest BCUT2D eigenvalue weighted by Gasteiger charge is -2.24. The molecule has 0 fully saturated rings. The Kier molecular flexibility index (Phi) is 5.88. The summed E-state index contributed by atoms with van der Waals surface area (Å²) in [5.74, 6) is -1.68. The Morgan fingerprint density at radius 3 is 2.30 bits per heavy atom. The molecule has 0 aliphatic carbocycles. The number of rotatable bonds is 6. The number of hydrogen-bond donors (Lipinski definition) is 2. The first-order chi connectivity index (χ1) is 9.38. The summed E-state index contributed by atoms with van der Waals surface area (Å²) in [4.78, 5) is 13.1. The van der Waals surface area contributed by atoms with Crippen LogP contribution in [0.4, 0.5) is 14.5 Å². The maximum Gasteiger partial charge on any atom is 0.239 e. The van der Waals surface area contributed by atoms with Crippen LogP contribution in [0, 0.1) is 11.6 Å². The van der Waals surface area contributed by atoms with Crippen molar-refractivity contribution in [2.45, 2.75) is 33.4 Å². The first-order valence-corrected chi connectivity index (χ1v) is 6.61. The number of halogens is 2. The number of nitrogens with zero attached hydrogens (tertiary/aromatic N) is 1. The molecule has 0 unspecified atom stereocenters. The SMILES string of the molecule is CCN(CC(=O)NC(C)C)c1c(F)cc(CN)cc1F. The van der Waals surface area contributed by atoms with E-state index in [0.717, 1.165) is 0 Å². The Bertz CT molecular complexity index is 454. The Labute approximate surface area is 117 Å². The van der Waals surface area contributed by atoms with Crippen molar-refractivity contribution >= 4 is 11.6 Å². The molecule has 1 amide bonds. The van der Waals surface area contributed by atoms with Gasteiger partial charge in [-0.3, -0.25) is 4.79 Å². The highest BCUT2D eigenvalue weighted by atomic mass is 19.1. The van der Waals surface area contributed by atoms with Crippen molar-refractivity contribution in [3.05, 3.63) is 29.3 Å². The zero-order valence-electron chi connectivity index (χ0n) is 12.0. The third-order valence-electron chi connectivity index (χ3n) is 2.79. The van der Waals surface area contributed by atoms with E-state index < -0.39 is 11.6 Å². The van der Waals surface area contributed by atoms with Crippen LogP contribution in [0.15, 0.2) is 12.1 Å². The predicted octanol–water partition coefficient (Wildman–Crippen LogP) is 1.77. The van der Waals surface area contributed by atoms with Crippen molar-refractivity contribution in [3.63, 3.8) is 0 Å². The number of hydrogen-bond acceptors (Lipinski definition) is 3. The molecule has 20 heavy (non-hydrogen) atoms. The van der Waals surface area contributed by atoms with Crippen LogP contribution < -0.4 is 16.0 Å². The second kappa shape index (κ2) is 7.19. The smallest absolute Gasteiger partial charge is 0.239 e. The Balaban J connectivity index is 2.98. The van der Waals surface area contributed by atoms with Crippen LogP contribution in [0.5, 0.6) is 0 Å². The predicted molar refractivity (Wildman–Crippen MR) is 75.4 cm³/mol. The van der Waals surface area contributed by atoms with Crippen molar-refractivity contribution < 1.29 is 13.6 Å². The molecule has 1 aromatic rings. The number of nitrogens with two attached hydrogens (primary N) is 1. The minimum absolute atomic E-state index is 0.0180. The lowest BCUT2D eigenvalue weighted by atomic mass is 10.1. The largest absolute Gasteiger partial charge is 0.358 e. The number of likely N-dealkylation sites (N-methyl/N-ethyl adjacent to an activating group) is 1. The average molecular weight is 285 g/mol. The summed E-state index contributed by atoms with van der Waals surface area (Å²) in [5, 5.41) is 2.69. The van der Waals surface area contributed by atoms with Crippen LogP contribution in [0.1, 0.15) is 26.3 Å². The average Bonchev–Trinajstić information content (AvgIpc) is 2.35. The van der Waals surface area contributed by atoms with Gasteiger partial charge in [0.2, 0.25) is 5.91 Å². The molecule has 3 N–H and O–H groups in total. The molecule has 0 atom stereocenters. The molecule has 112 valence electrons. The van der Waals surface area contributed by atoms with Crippen molar-refractivity contribution in [1.82, 2.24) is 5.32 Å². The molecule has 4 nitrogen and oxygen atoms in total. The number of amides is 1. The number of carbonyl (C=O) groups is 1. The third kappa shape index (κ3) is 4.16. The van der Waals surface area contributed by atoms with E-state index in [1.54, 1.807) is 6.92 Å². The highest BCUT2D eigenvalue weighted by Gasteiger charge is 2.19. The molecule has 0 spiro atoms. The van der Waals surface area contributed by atoms with E-state index in [1.165, 1.54) is 17.0 Å². The van der Waals surface area contributed by atoms with Gasteiger partial charge >= 0.3 is 0 Å². The van der Waals surface area contributed by atoms with Gasteiger partial charge in [-0.15, -0.1) is 0 Å². The van der Waals surface area contributed by atoms with E-state index in [-0.39, 0.29) is 30.7 Å². The van der Waals surface area contributed by atoms with Gasteiger partial charge in [-0.1, -0.05) is 0 Å². The summed E-state index contributed by atoms with van der Waals surface area (Å²) in [5.41, 5.74) is 5.56. The quantitative estimate of drug-likeness (QED) is 0.837. The molecular formula is C14H21F2N3O. The molecule has 0 bridgehead atoms. The molecular weight excluding hydrogens is 264 g/mol. The molecule has 1 aromatic carbocycles. The summed E-state index contributed by atoms with van der Waals surface area (Å²) in [6.07, 6.45) is 0. The van der Waals surface area contributed by atoms with E-state index >= 15 is 0 Å². The Hall–Kier alpha value is -1.69. The van der Waals surface area contributed by atoms with Crippen LogP contribution in [0.25, 0.3) is 0 Å². The molecule has 0 aliphatic heterocycles. The minimum Gasteiger partial charge on any atom is -0.358 e. The second-order valence-corrected chi connectivity index (χ2v) is 4.85. The third-order valence-corrected chi connectivity index (χ3v) is 2.79. The highest BCUT2D eigenvalue weighted by Crippen LogP contribution is 2.24. The number of carbonyl (C=O) groups excluding carboxylic acids is 1. The Morgan fingerprint density at radius 1 is 1.35 bits per heavy atom. The zero-order chi connectivity index (χ0) is 15.3. The summed E-state index contributed by atoms with van der Waals surface area (Å²) in [6.45, 7) is 5.68. The van der Waals surface area contributed by atoms with Crippen molar-refractivity contribution in [2.24, 2.45) is 5.73 Å². The number of nitrogens with one attached hydrogen (secondary N) is 1. The van der Waals surface area contributed by atoms with E-state index in [4.69, 9.17) is 5.73 Å². The highest BCUT2D eigenvalue weighted by molar-refractivity contribution is 5.81. The van der Waals surface area contributed by atoms with Gasteiger partial charge in [0.1, 0.15) is 17.3 Å². The second-order valence-electron chi connectivity index (χ2n) is 4.85. The van der Waals surface area contributed by atoms with Crippen LogP contribution >= 0.6 is 0 Å². The van der Waals surface area contributed by atoms with Gasteiger partial charge in [-0.25, -0.2) is 8.78 Å². The van der Waals surface area contributed by atoms with E-state index in [9.17, 15) is 13.6 Å². The molecule has 6 heteroatoms. The number of benzene rings is 1. The summed E-state index contributed by atoms with van der Waals surface area (Å²) < 4.78 is 28.0. The molecule has 0 saturated heterocycles. The first kappa shape index (κ1) is 16.4. The van der Waals surface area contributed by atoms with Crippen molar-refractivity contribution in [1.29, 1.82) is 0 Å². The summed E-state index contributed by atoms with van der Waals surface area (Å²) >= 11 is 0. The number of anilines is 1. The van der Waals surface area contributed by atoms with E-state index in [0.29, 0.717) is 12.1 Å². The fourth-order valence-corrected chi connectivity index (χ4v) is 1.93. The summed E-state index contributed by atoms with van der Waals surface area (Å²) in [7, 11) is 0. The fraction of sp³-hybridized carbons (Fsp3) is 0.500. The molecule has 1 rings (SSSR count). The van der Waals surface area contributed by atoms with Gasteiger partial charge in [0.25, 0.3) is 0 Å². The lowest BCUT2D eigenvalue weighted by molar-refractivity contribution is -0.120. The van der Waals surface area contributed by atoms with E-state index in [1.807, 2.05) is 13.8 Å². The van der Waals surface area contributed by atoms with Crippen LogP contribution in [0.2, 0.25) is 0 Å². The summed E-state index contributed by atoms with van der Waals surface area (Å²) in [6, 6.07) is 2.37. The molecule has 0 aliphatic rings. The van der Waals surface area contributed by atoms with Crippen LogP contribution in [-0.2, 0) is 11.3 Å². The maximum absolute atomic E-state index is 14.0. The van der Waals surface area contributed by atoms with Gasteiger partial charge in [-0.05, 0) is 38.5 Å². The topological polar surface area (TPSA) is 58.4 Å². The monoisotopic (exact) mass is 285 g/mol. The van der Waals surface area contributed by atoms with Crippen LogP contribution in [0.3, 0.4) is 0 Å². The molecule has 0 heterocycles. The normalized spacial score (nSPS) is 10.8. The van der Waals surface area contributed by atoms with Gasteiger partial charge in [0.15, 0.2) is 0 Å². The fourth-order valence-electron chi connectivity index (χ4n) is 1.93. The molecule has 0 saturated carbocycles. The first-order valence-electron chi connectivity index (χ1n) is 6.61. The zero-order valence-corrected chi connectivity index (χ0v) is 12.0. The van der Waals surface area contributed by atoms with Gasteiger partial charge in [-0.2, -0.15) is 0 Å². The van der Waals surface area contributed by atoms with Gasteiger partial charge < -0.3 is 16.0 Å². The van der Waals surface area contributed by atoms with Crippen molar-refractivity contribution in [3.8, 4) is 0 Å². The molecule has 0 radical (unpaired) electrons. The molecule has 0 aromatic heterocycles. The van der Waals surface area contributed by atoms with Crippen molar-refractivity contribution in [2.75, 3.05) is 18.0 Å². The van der Waals surface area contributed by atoms with Crippen LogP contribution in [-0.4, -0.2) is 25.0 Å². The minimum atomic E-state index is -0.704. The standard InChI is InChI=1S/C14H21F2N3O/c1-4-19(8-13(20)18-9(2)3)14-11(15)5-10(7-17)6-12(14)16/h5-6,9H,4,7-8,17H2,1-3H3,(H,18,20). The lowest BCUT2D eigenvalue weighted by Crippen LogP contribution is -2.40. The maximum atomic E-state index is 14.0. The van der Waals surface area contributed by atoms with Gasteiger partial charge in [0, 0.05) is 19.1 Å². The Morgan fingerprint density at radius 2 is 1.90 bits per heavy atom. The van der Waals surface area contributed by atoms with Gasteiger partial charge in [0.05, 0.1) is 6.54 Å².